The Morgan fingerprint density at radius 2 is 1.90 bits per heavy atom. The first-order chi connectivity index (χ1) is 9.27. The van der Waals surface area contributed by atoms with E-state index < -0.39 is 11.7 Å². The van der Waals surface area contributed by atoms with Gasteiger partial charge in [0.15, 0.2) is 0 Å². The molecule has 0 amide bonds. The van der Waals surface area contributed by atoms with Gasteiger partial charge in [-0.3, -0.25) is 4.79 Å². The molecule has 0 bridgehead atoms. The van der Waals surface area contributed by atoms with Crippen LogP contribution in [0.5, 0.6) is 0 Å². The van der Waals surface area contributed by atoms with Crippen molar-refractivity contribution in [1.82, 2.24) is 4.57 Å². The van der Waals surface area contributed by atoms with Gasteiger partial charge in [-0.2, -0.15) is 13.2 Å². The zero-order valence-corrected chi connectivity index (χ0v) is 11.7. The molecule has 1 aromatic carbocycles. The first-order valence-corrected chi connectivity index (χ1v) is 6.38. The molecule has 106 valence electrons. The first kappa shape index (κ1) is 14.6. The molecule has 2 rings (SSSR count). The fourth-order valence-electron chi connectivity index (χ4n) is 1.81. The van der Waals surface area contributed by atoms with E-state index in [-0.39, 0.29) is 23.4 Å². The number of nitrogens with two attached hydrogens (primary N) is 1. The van der Waals surface area contributed by atoms with Crippen LogP contribution in [0.2, 0.25) is 0 Å². The second kappa shape index (κ2) is 5.32. The Bertz CT molecular complexity index is 695. The minimum absolute atomic E-state index is 0.00750. The second-order valence-electron chi connectivity index (χ2n) is 4.23. The maximum Gasteiger partial charge on any atom is 0.416 e. The summed E-state index contributed by atoms with van der Waals surface area (Å²) < 4.78 is 40.7. The van der Waals surface area contributed by atoms with Crippen molar-refractivity contribution in [2.75, 3.05) is 5.73 Å². The van der Waals surface area contributed by atoms with E-state index >= 15 is 0 Å². The maximum absolute atomic E-state index is 13.0. The first-order valence-electron chi connectivity index (χ1n) is 5.59. The number of benzene rings is 1. The molecule has 0 aliphatic heterocycles. The van der Waals surface area contributed by atoms with Crippen LogP contribution in [-0.4, -0.2) is 4.57 Å². The Hall–Kier alpha value is -1.76. The van der Waals surface area contributed by atoms with E-state index in [0.29, 0.717) is 4.47 Å². The number of rotatable bonds is 2. The predicted octanol–water partition coefficient (Wildman–Crippen LogP) is 3.26. The van der Waals surface area contributed by atoms with Crippen molar-refractivity contribution < 1.29 is 13.2 Å². The summed E-state index contributed by atoms with van der Waals surface area (Å²) in [6.45, 7) is -0.173. The van der Waals surface area contributed by atoms with E-state index in [1.807, 2.05) is 0 Å². The summed E-state index contributed by atoms with van der Waals surface area (Å²) in [5.41, 5.74) is 4.21. The molecule has 0 fully saturated rings. The fourth-order valence-corrected chi connectivity index (χ4v) is 2.18. The van der Waals surface area contributed by atoms with Crippen molar-refractivity contribution in [3.05, 3.63) is 62.5 Å². The van der Waals surface area contributed by atoms with Crippen LogP contribution in [0.1, 0.15) is 11.1 Å². The summed E-state index contributed by atoms with van der Waals surface area (Å²) in [5.74, 6) is 0. The highest BCUT2D eigenvalue weighted by Gasteiger charge is 2.33. The lowest BCUT2D eigenvalue weighted by Crippen LogP contribution is -2.21. The highest BCUT2D eigenvalue weighted by Crippen LogP contribution is 2.33. The van der Waals surface area contributed by atoms with Gasteiger partial charge in [0.2, 0.25) is 0 Å². The Balaban J connectivity index is 2.49. The van der Waals surface area contributed by atoms with E-state index in [1.165, 1.54) is 35.0 Å². The molecular formula is C13H10BrF3N2O. The zero-order chi connectivity index (χ0) is 14.9. The van der Waals surface area contributed by atoms with Crippen LogP contribution in [0.4, 0.5) is 18.9 Å². The third-order valence-corrected chi connectivity index (χ3v) is 3.20. The average molecular weight is 347 g/mol. The van der Waals surface area contributed by atoms with E-state index in [9.17, 15) is 18.0 Å². The number of anilines is 1. The third kappa shape index (κ3) is 3.22. The minimum atomic E-state index is -4.51. The fraction of sp³-hybridized carbons (Fsp3) is 0.154. The van der Waals surface area contributed by atoms with Crippen LogP contribution >= 0.6 is 15.9 Å². The van der Waals surface area contributed by atoms with Crippen LogP contribution in [0.15, 0.2) is 45.8 Å². The van der Waals surface area contributed by atoms with Gasteiger partial charge >= 0.3 is 6.18 Å². The number of nitrogens with zero attached hydrogens (tertiary/aromatic N) is 1. The van der Waals surface area contributed by atoms with E-state index in [2.05, 4.69) is 15.9 Å². The normalized spacial score (nSPS) is 11.6. The maximum atomic E-state index is 13.0. The lowest BCUT2D eigenvalue weighted by molar-refractivity contribution is -0.138. The van der Waals surface area contributed by atoms with E-state index in [1.54, 1.807) is 0 Å². The van der Waals surface area contributed by atoms with Crippen LogP contribution in [0.3, 0.4) is 0 Å². The molecule has 1 aromatic heterocycles. The second-order valence-corrected chi connectivity index (χ2v) is 5.14. The Morgan fingerprint density at radius 3 is 2.55 bits per heavy atom. The standard InChI is InChI=1S/C13H10BrF3N2O/c14-9-2-4-12(20)19(7-9)6-8-1-3-10(18)5-11(8)13(15,16)17/h1-5,7H,6,18H2. The van der Waals surface area contributed by atoms with Gasteiger partial charge in [0.1, 0.15) is 0 Å². The van der Waals surface area contributed by atoms with Gasteiger partial charge in [-0.1, -0.05) is 6.07 Å². The number of alkyl halides is 3. The average Bonchev–Trinajstić information content (AvgIpc) is 2.34. The number of hydrogen-bond acceptors (Lipinski definition) is 2. The molecule has 0 saturated heterocycles. The van der Waals surface area contributed by atoms with Gasteiger partial charge in [-0.15, -0.1) is 0 Å². The van der Waals surface area contributed by atoms with Crippen LogP contribution in [0, 0.1) is 0 Å². The van der Waals surface area contributed by atoms with Crippen molar-refractivity contribution in [1.29, 1.82) is 0 Å². The van der Waals surface area contributed by atoms with Crippen LogP contribution < -0.4 is 11.3 Å². The summed E-state index contributed by atoms with van der Waals surface area (Å²) in [6.07, 6.45) is -3.07. The van der Waals surface area contributed by atoms with Gasteiger partial charge in [-0.25, -0.2) is 0 Å². The molecule has 0 atom stereocenters. The Morgan fingerprint density at radius 1 is 1.20 bits per heavy atom. The van der Waals surface area contributed by atoms with Gasteiger partial charge in [0.25, 0.3) is 5.56 Å². The quantitative estimate of drug-likeness (QED) is 0.848. The topological polar surface area (TPSA) is 48.0 Å². The molecular weight excluding hydrogens is 337 g/mol. The van der Waals surface area contributed by atoms with Crippen molar-refractivity contribution in [2.45, 2.75) is 12.7 Å². The Labute approximate surface area is 121 Å². The SMILES string of the molecule is Nc1ccc(Cn2cc(Br)ccc2=O)c(C(F)(F)F)c1. The molecule has 0 aliphatic carbocycles. The van der Waals surface area contributed by atoms with Crippen molar-refractivity contribution in [3.63, 3.8) is 0 Å². The summed E-state index contributed by atoms with van der Waals surface area (Å²) in [7, 11) is 0. The molecule has 3 nitrogen and oxygen atoms in total. The molecule has 0 radical (unpaired) electrons. The highest BCUT2D eigenvalue weighted by molar-refractivity contribution is 9.10. The number of aromatic nitrogens is 1. The lowest BCUT2D eigenvalue weighted by atomic mass is 10.1. The van der Waals surface area contributed by atoms with Gasteiger partial charge in [0.05, 0.1) is 12.1 Å². The number of halogens is 4. The molecule has 2 N–H and O–H groups in total. The van der Waals surface area contributed by atoms with Gasteiger partial charge in [-0.05, 0) is 39.7 Å². The summed E-state index contributed by atoms with van der Waals surface area (Å²) in [4.78, 5) is 11.6. The highest BCUT2D eigenvalue weighted by atomic mass is 79.9. The molecule has 7 heteroatoms. The molecule has 2 aromatic rings. The molecule has 0 unspecified atom stereocenters. The monoisotopic (exact) mass is 346 g/mol. The molecule has 20 heavy (non-hydrogen) atoms. The van der Waals surface area contributed by atoms with Gasteiger partial charge in [0, 0.05) is 22.4 Å². The molecule has 1 heterocycles. The summed E-state index contributed by atoms with van der Waals surface area (Å²) >= 11 is 3.18. The summed E-state index contributed by atoms with van der Waals surface area (Å²) in [6, 6.07) is 6.36. The molecule has 0 spiro atoms. The number of hydrogen-bond donors (Lipinski definition) is 1. The summed E-state index contributed by atoms with van der Waals surface area (Å²) in [5, 5.41) is 0. The number of nitrogen functional groups attached to an aromatic ring is 1. The van der Waals surface area contributed by atoms with Crippen LogP contribution in [-0.2, 0) is 12.7 Å². The molecule has 0 saturated carbocycles. The van der Waals surface area contributed by atoms with Gasteiger partial charge < -0.3 is 10.3 Å². The predicted molar refractivity (Wildman–Crippen MR) is 73.4 cm³/mol. The largest absolute Gasteiger partial charge is 0.416 e. The molecule has 0 aliphatic rings. The smallest absolute Gasteiger partial charge is 0.399 e. The lowest BCUT2D eigenvalue weighted by Gasteiger charge is -2.14. The van der Waals surface area contributed by atoms with Crippen molar-refractivity contribution in [2.24, 2.45) is 0 Å². The van der Waals surface area contributed by atoms with E-state index in [4.69, 9.17) is 5.73 Å². The van der Waals surface area contributed by atoms with E-state index in [0.717, 1.165) is 6.07 Å². The third-order valence-electron chi connectivity index (χ3n) is 2.73. The van der Waals surface area contributed by atoms with Crippen molar-refractivity contribution in [3.8, 4) is 0 Å². The van der Waals surface area contributed by atoms with Crippen LogP contribution in [0.25, 0.3) is 0 Å². The van der Waals surface area contributed by atoms with Crippen molar-refractivity contribution >= 4 is 21.6 Å². The zero-order valence-electron chi connectivity index (χ0n) is 10.1. The number of pyridine rings is 1. The minimum Gasteiger partial charge on any atom is -0.399 e. The Kier molecular flexibility index (Phi) is 3.89.